The highest BCUT2D eigenvalue weighted by atomic mass is 16.5. The highest BCUT2D eigenvalue weighted by Crippen LogP contribution is 2.22. The molecule has 1 amide bonds. The number of piperidine rings is 1. The Morgan fingerprint density at radius 3 is 2.69 bits per heavy atom. The molecule has 2 heterocycles. The Hall–Kier alpha value is -3.03. The zero-order chi connectivity index (χ0) is 20.8. The number of hydrogen-bond acceptors (Lipinski definition) is 5. The fourth-order valence-electron chi connectivity index (χ4n) is 3.51. The molecular weight excluding hydrogens is 368 g/mol. The molecule has 8 heteroatoms. The number of likely N-dealkylation sites (tertiary alicyclic amines) is 1. The summed E-state index contributed by atoms with van der Waals surface area (Å²) in [6.07, 6.45) is 1.46. The maximum atomic E-state index is 11.6. The van der Waals surface area contributed by atoms with Gasteiger partial charge >= 0.3 is 6.09 Å². The summed E-state index contributed by atoms with van der Waals surface area (Å²) in [4.78, 5) is 24.5. The van der Waals surface area contributed by atoms with Crippen LogP contribution in [0.5, 0.6) is 0 Å². The molecule has 0 aliphatic carbocycles. The normalized spacial score (nSPS) is 15.3. The van der Waals surface area contributed by atoms with Gasteiger partial charge in [0.1, 0.15) is 5.82 Å². The molecule has 1 aliphatic heterocycles. The van der Waals surface area contributed by atoms with Gasteiger partial charge in [-0.2, -0.15) is 0 Å². The fourth-order valence-corrected chi connectivity index (χ4v) is 3.51. The molecule has 0 spiro atoms. The number of anilines is 1. The number of guanidine groups is 1. The third-order valence-corrected chi connectivity index (χ3v) is 5.19. The van der Waals surface area contributed by atoms with Gasteiger partial charge in [0.25, 0.3) is 0 Å². The molecule has 1 aromatic carbocycles. The Morgan fingerprint density at radius 1 is 1.31 bits per heavy atom. The van der Waals surface area contributed by atoms with Crippen molar-refractivity contribution in [3.05, 3.63) is 35.9 Å². The molecule has 1 saturated heterocycles. The van der Waals surface area contributed by atoms with Crippen molar-refractivity contribution in [2.24, 2.45) is 4.99 Å². The third kappa shape index (κ3) is 5.07. The molecule has 29 heavy (non-hydrogen) atoms. The van der Waals surface area contributed by atoms with E-state index < -0.39 is 0 Å². The van der Waals surface area contributed by atoms with Crippen LogP contribution in [0.15, 0.2) is 35.3 Å². The van der Waals surface area contributed by atoms with Gasteiger partial charge in [0.15, 0.2) is 5.96 Å². The average Bonchev–Trinajstić information content (AvgIpc) is 2.76. The van der Waals surface area contributed by atoms with Crippen LogP contribution in [-0.4, -0.2) is 69.3 Å². The van der Waals surface area contributed by atoms with Crippen molar-refractivity contribution in [3.63, 3.8) is 0 Å². The molecule has 0 unspecified atom stereocenters. The van der Waals surface area contributed by atoms with Crippen LogP contribution in [0.3, 0.4) is 0 Å². The number of carbonyl (C=O) groups is 1. The second kappa shape index (κ2) is 9.45. The molecule has 3 rings (SSSR count). The largest absolute Gasteiger partial charge is 0.453 e. The van der Waals surface area contributed by atoms with Crippen LogP contribution in [0.4, 0.5) is 10.6 Å². The summed E-state index contributed by atoms with van der Waals surface area (Å²) in [5, 5.41) is 8.03. The lowest BCUT2D eigenvalue weighted by atomic mass is 10.1. The van der Waals surface area contributed by atoms with E-state index in [4.69, 9.17) is 9.72 Å². The fraction of sp³-hybridized carbons (Fsp3) is 0.476. The van der Waals surface area contributed by atoms with E-state index in [2.05, 4.69) is 27.8 Å². The van der Waals surface area contributed by atoms with Crippen LogP contribution in [0.2, 0.25) is 0 Å². The van der Waals surface area contributed by atoms with Crippen molar-refractivity contribution < 1.29 is 9.53 Å². The number of nitrogens with zero attached hydrogens (tertiary/aromatic N) is 4. The van der Waals surface area contributed by atoms with Gasteiger partial charge in [0.05, 0.1) is 12.6 Å². The van der Waals surface area contributed by atoms with E-state index in [-0.39, 0.29) is 12.1 Å². The summed E-state index contributed by atoms with van der Waals surface area (Å²) in [5.74, 6) is 1.69. The van der Waals surface area contributed by atoms with E-state index in [9.17, 15) is 4.79 Å². The number of para-hydroxylation sites is 1. The van der Waals surface area contributed by atoms with Gasteiger partial charge in [-0.15, -0.1) is 0 Å². The van der Waals surface area contributed by atoms with E-state index in [1.165, 1.54) is 12.7 Å². The van der Waals surface area contributed by atoms with Crippen LogP contribution in [-0.2, 0) is 11.3 Å². The minimum Gasteiger partial charge on any atom is -0.453 e. The van der Waals surface area contributed by atoms with Crippen molar-refractivity contribution >= 4 is 28.8 Å². The van der Waals surface area contributed by atoms with Gasteiger partial charge in [-0.05, 0) is 30.5 Å². The van der Waals surface area contributed by atoms with Gasteiger partial charge < -0.3 is 25.2 Å². The number of benzene rings is 1. The lowest BCUT2D eigenvalue weighted by Gasteiger charge is -2.32. The van der Waals surface area contributed by atoms with Crippen LogP contribution in [0.1, 0.15) is 18.4 Å². The Kier molecular flexibility index (Phi) is 6.74. The van der Waals surface area contributed by atoms with Crippen LogP contribution in [0, 0.1) is 0 Å². The van der Waals surface area contributed by atoms with Crippen molar-refractivity contribution in [3.8, 4) is 0 Å². The first kappa shape index (κ1) is 20.7. The number of hydrogen-bond donors (Lipinski definition) is 2. The molecule has 8 nitrogen and oxygen atoms in total. The van der Waals surface area contributed by atoms with E-state index in [0.29, 0.717) is 19.6 Å². The van der Waals surface area contributed by atoms with E-state index in [0.717, 1.165) is 35.5 Å². The van der Waals surface area contributed by atoms with E-state index >= 15 is 0 Å². The second-order valence-corrected chi connectivity index (χ2v) is 7.35. The maximum absolute atomic E-state index is 11.6. The van der Waals surface area contributed by atoms with Crippen molar-refractivity contribution in [1.82, 2.24) is 20.5 Å². The van der Waals surface area contributed by atoms with Gasteiger partial charge in [0.2, 0.25) is 0 Å². The number of amides is 1. The van der Waals surface area contributed by atoms with Crippen LogP contribution < -0.4 is 15.5 Å². The first-order valence-electron chi connectivity index (χ1n) is 9.88. The third-order valence-electron chi connectivity index (χ3n) is 5.19. The molecule has 1 aliphatic rings. The standard InChI is InChI=1S/C21H30N6O2/c1-22-20(24-16-9-11-27(12-10-16)21(28)29-4)23-14-15-13-19(26(2)3)25-18-8-6-5-7-17(15)18/h5-8,13,16H,9-12,14H2,1-4H3,(H2,22,23,24). The Labute approximate surface area is 171 Å². The first-order chi connectivity index (χ1) is 14.0. The molecule has 2 aromatic rings. The lowest BCUT2D eigenvalue weighted by Crippen LogP contribution is -2.49. The van der Waals surface area contributed by atoms with Crippen molar-refractivity contribution in [1.29, 1.82) is 0 Å². The summed E-state index contributed by atoms with van der Waals surface area (Å²) in [6.45, 7) is 2.01. The van der Waals surface area contributed by atoms with E-state index in [1.54, 1.807) is 11.9 Å². The van der Waals surface area contributed by atoms with E-state index in [1.807, 2.05) is 37.2 Å². The lowest BCUT2D eigenvalue weighted by molar-refractivity contribution is 0.111. The average molecular weight is 399 g/mol. The first-order valence-corrected chi connectivity index (χ1v) is 9.88. The molecule has 1 aromatic heterocycles. The highest BCUT2D eigenvalue weighted by Gasteiger charge is 2.23. The van der Waals surface area contributed by atoms with Crippen LogP contribution in [0.25, 0.3) is 10.9 Å². The monoisotopic (exact) mass is 398 g/mol. The van der Waals surface area contributed by atoms with Gasteiger partial charge in [-0.25, -0.2) is 9.78 Å². The predicted octanol–water partition coefficient (Wildman–Crippen LogP) is 2.20. The van der Waals surface area contributed by atoms with Crippen LogP contribution >= 0.6 is 0 Å². The Morgan fingerprint density at radius 2 is 2.03 bits per heavy atom. The summed E-state index contributed by atoms with van der Waals surface area (Å²) >= 11 is 0. The minimum atomic E-state index is -0.257. The molecule has 2 N–H and O–H groups in total. The molecule has 0 saturated carbocycles. The number of carbonyl (C=O) groups excluding carboxylic acids is 1. The summed E-state index contributed by atoms with van der Waals surface area (Å²) in [6, 6.07) is 10.6. The quantitative estimate of drug-likeness (QED) is 0.607. The topological polar surface area (TPSA) is 82.1 Å². The predicted molar refractivity (Wildman–Crippen MR) is 116 cm³/mol. The smallest absolute Gasteiger partial charge is 0.409 e. The van der Waals surface area contributed by atoms with Gasteiger partial charge in [-0.1, -0.05) is 18.2 Å². The van der Waals surface area contributed by atoms with Crippen molar-refractivity contribution in [2.75, 3.05) is 46.2 Å². The number of rotatable bonds is 4. The van der Waals surface area contributed by atoms with Gasteiger partial charge in [0, 0.05) is 52.2 Å². The molecule has 0 atom stereocenters. The highest BCUT2D eigenvalue weighted by molar-refractivity contribution is 5.85. The number of nitrogens with one attached hydrogen (secondary N) is 2. The number of pyridine rings is 1. The molecule has 156 valence electrons. The molecular formula is C21H30N6O2. The maximum Gasteiger partial charge on any atom is 0.409 e. The van der Waals surface area contributed by atoms with Gasteiger partial charge in [-0.3, -0.25) is 4.99 Å². The van der Waals surface area contributed by atoms with Crippen molar-refractivity contribution in [2.45, 2.75) is 25.4 Å². The zero-order valence-electron chi connectivity index (χ0n) is 17.6. The second-order valence-electron chi connectivity index (χ2n) is 7.35. The number of fused-ring (bicyclic) bond motifs is 1. The minimum absolute atomic E-state index is 0.257. The summed E-state index contributed by atoms with van der Waals surface area (Å²) in [7, 11) is 7.18. The Bertz CT molecular complexity index is 875. The Balaban J connectivity index is 1.64. The molecule has 0 bridgehead atoms. The number of ether oxygens (including phenoxy) is 1. The molecule has 0 radical (unpaired) electrons. The zero-order valence-corrected chi connectivity index (χ0v) is 17.6. The summed E-state index contributed by atoms with van der Waals surface area (Å²) < 4.78 is 4.80. The SMILES string of the molecule is CN=C(NCc1cc(N(C)C)nc2ccccc12)NC1CCN(C(=O)OC)CC1. The summed E-state index contributed by atoms with van der Waals surface area (Å²) in [5.41, 5.74) is 2.15. The number of aromatic nitrogens is 1. The molecule has 1 fully saturated rings. The number of aliphatic imine (C=N–C) groups is 1. The number of methoxy groups -OCH3 is 1.